The summed E-state index contributed by atoms with van der Waals surface area (Å²) in [4.78, 5) is 14.7. The van der Waals surface area contributed by atoms with Crippen molar-refractivity contribution in [3.05, 3.63) is 12.2 Å². The highest BCUT2D eigenvalue weighted by atomic mass is 16.8. The lowest BCUT2D eigenvalue weighted by atomic mass is 9.32. The number of hydrogen-bond acceptors (Lipinski definition) is 17. The van der Waals surface area contributed by atoms with Gasteiger partial charge in [-0.15, -0.1) is 0 Å². The standard InChI is InChI=1S/C47H76O17/c1-21(2)23-10-15-47(42(58)64-40-37(57)35(55)33(53)26(18-48)61-40)17-16-45(6)24(30(23)47)8-9-28-43(4)13-12-29(44(5,20-49)27(43)11-14-46(28,45)7)62-41-38(32(52)25(50)19-59-41)63-39-36(56)34(54)31(51)22(3)60-39/h22-41,48-57H,1,8-20H2,2-7H3/t22-,23-,24+,25-,26+,27+,28+,29-,30+,31-,32-,33+,34+,35-,36+,37+,38+,39-,40-,41-,43-,44-,45+,46+,47-/m0/s1. The normalized spacial score (nSPS) is 56.2. The summed E-state index contributed by atoms with van der Waals surface area (Å²) < 4.78 is 36.1. The number of aliphatic hydroxyl groups excluding tert-OH is 10. The zero-order valence-electron chi connectivity index (χ0n) is 38.3. The minimum Gasteiger partial charge on any atom is -0.432 e. The summed E-state index contributed by atoms with van der Waals surface area (Å²) in [7, 11) is 0. The van der Waals surface area contributed by atoms with E-state index in [0.29, 0.717) is 19.3 Å². The molecular weight excluding hydrogens is 836 g/mol. The van der Waals surface area contributed by atoms with Gasteiger partial charge in [-0.3, -0.25) is 4.79 Å². The molecule has 5 saturated carbocycles. The maximum Gasteiger partial charge on any atom is 0.314 e. The van der Waals surface area contributed by atoms with E-state index in [1.165, 1.54) is 6.92 Å². The topological polar surface area (TPSA) is 275 Å². The lowest BCUT2D eigenvalue weighted by Gasteiger charge is -2.73. The molecule has 0 unspecified atom stereocenters. The van der Waals surface area contributed by atoms with E-state index in [0.717, 1.165) is 50.5 Å². The van der Waals surface area contributed by atoms with Crippen molar-refractivity contribution in [3.63, 3.8) is 0 Å². The number of carbonyl (C=O) groups excluding carboxylic acids is 1. The van der Waals surface area contributed by atoms with Crippen molar-refractivity contribution in [2.24, 2.45) is 56.7 Å². The first kappa shape index (κ1) is 49.0. The Labute approximate surface area is 376 Å². The van der Waals surface area contributed by atoms with Crippen molar-refractivity contribution in [2.45, 2.75) is 198 Å². The predicted octanol–water partition coefficient (Wildman–Crippen LogP) is 0.636. The quantitative estimate of drug-likeness (QED) is 0.0864. The first-order chi connectivity index (χ1) is 30.0. The zero-order chi connectivity index (χ0) is 46.6. The average molecular weight is 913 g/mol. The third-order valence-corrected chi connectivity index (χ3v) is 19.5. The van der Waals surface area contributed by atoms with Gasteiger partial charge in [-0.25, -0.2) is 0 Å². The van der Waals surface area contributed by atoms with Crippen LogP contribution in [0.1, 0.15) is 106 Å². The number of rotatable bonds is 9. The second-order valence-corrected chi connectivity index (χ2v) is 22.3. The third kappa shape index (κ3) is 7.31. The van der Waals surface area contributed by atoms with E-state index in [9.17, 15) is 55.9 Å². The summed E-state index contributed by atoms with van der Waals surface area (Å²) in [6.45, 7) is 16.2. The van der Waals surface area contributed by atoms with Crippen molar-refractivity contribution >= 4 is 5.97 Å². The average Bonchev–Trinajstić information content (AvgIpc) is 3.67. The van der Waals surface area contributed by atoms with E-state index >= 15 is 0 Å². The monoisotopic (exact) mass is 913 g/mol. The Morgan fingerprint density at radius 1 is 0.688 bits per heavy atom. The minimum absolute atomic E-state index is 0.0206. The Morgan fingerprint density at radius 3 is 2.05 bits per heavy atom. The maximum absolute atomic E-state index is 14.7. The summed E-state index contributed by atoms with van der Waals surface area (Å²) >= 11 is 0. The lowest BCUT2D eigenvalue weighted by Crippen LogP contribution is -2.68. The molecule has 366 valence electrons. The Balaban J connectivity index is 1.03. The summed E-state index contributed by atoms with van der Waals surface area (Å²) in [6.07, 6.45) is -13.1. The van der Waals surface area contributed by atoms with E-state index in [2.05, 4.69) is 34.3 Å². The van der Waals surface area contributed by atoms with Crippen molar-refractivity contribution in [2.75, 3.05) is 19.8 Å². The van der Waals surface area contributed by atoms with Gasteiger partial charge in [-0.05, 0) is 124 Å². The molecule has 0 radical (unpaired) electrons. The summed E-state index contributed by atoms with van der Waals surface area (Å²) in [5, 5.41) is 106. The number of hydrogen-bond donors (Lipinski definition) is 10. The molecule has 3 saturated heterocycles. The largest absolute Gasteiger partial charge is 0.432 e. The number of carbonyl (C=O) groups is 1. The molecule has 17 nitrogen and oxygen atoms in total. The first-order valence-electron chi connectivity index (χ1n) is 23.8. The van der Waals surface area contributed by atoms with Crippen LogP contribution in [0.25, 0.3) is 0 Å². The summed E-state index contributed by atoms with van der Waals surface area (Å²) in [5.41, 5.74) is -1.18. The van der Waals surface area contributed by atoms with Crippen LogP contribution >= 0.6 is 0 Å². The Hall–Kier alpha value is -1.39. The zero-order valence-corrected chi connectivity index (χ0v) is 38.3. The van der Waals surface area contributed by atoms with Gasteiger partial charge in [0.15, 0.2) is 12.6 Å². The Bertz CT molecular complexity index is 1720. The SMILES string of the molecule is C=C(C)[C@@H]1CC[C@]2(C(=O)O[C@@H]3O[C@H](CO)[C@@H](O)[C@H](O)[C@H]3O)CC[C@]3(C)[C@H](CC[C@@H]4[C@@]5(C)CC[C@H](O[C@@H]6OC[C@H](O)[C@H](O)[C@H]6O[C@@H]6O[C@@H](C)[C@H](O)[C@@H](O)[C@H]6O)[C@@](C)(CO)[C@@H]5CC[C@]43C)[C@@H]12. The number of aliphatic hydroxyl groups is 10. The van der Waals surface area contributed by atoms with Crippen molar-refractivity contribution in [1.29, 1.82) is 0 Å². The van der Waals surface area contributed by atoms with Crippen molar-refractivity contribution < 1.29 is 84.3 Å². The molecular formula is C47H76O17. The second-order valence-electron chi connectivity index (χ2n) is 22.3. The third-order valence-electron chi connectivity index (χ3n) is 19.5. The van der Waals surface area contributed by atoms with Crippen LogP contribution in [0.15, 0.2) is 12.2 Å². The van der Waals surface area contributed by atoms with Crippen LogP contribution < -0.4 is 0 Å². The highest BCUT2D eigenvalue weighted by Gasteiger charge is 2.73. The number of fused-ring (bicyclic) bond motifs is 7. The van der Waals surface area contributed by atoms with E-state index < -0.39 is 116 Å². The van der Waals surface area contributed by atoms with Crippen LogP contribution in [0.5, 0.6) is 0 Å². The molecule has 8 fully saturated rings. The number of allylic oxidation sites excluding steroid dienone is 1. The molecule has 0 aromatic carbocycles. The highest BCUT2D eigenvalue weighted by Crippen LogP contribution is 2.78. The fraction of sp³-hybridized carbons (Fsp3) is 0.936. The van der Waals surface area contributed by atoms with Crippen molar-refractivity contribution in [3.8, 4) is 0 Å². The van der Waals surface area contributed by atoms with Crippen LogP contribution in [-0.2, 0) is 33.2 Å². The smallest absolute Gasteiger partial charge is 0.314 e. The molecule has 0 aromatic rings. The molecule has 17 heteroatoms. The van der Waals surface area contributed by atoms with Crippen LogP contribution in [0.4, 0.5) is 0 Å². The predicted molar refractivity (Wildman–Crippen MR) is 224 cm³/mol. The lowest BCUT2D eigenvalue weighted by molar-refractivity contribution is -0.366. The van der Waals surface area contributed by atoms with Gasteiger partial charge in [0.05, 0.1) is 37.4 Å². The van der Waals surface area contributed by atoms with Gasteiger partial charge in [0.2, 0.25) is 6.29 Å². The van der Waals surface area contributed by atoms with E-state index in [-0.39, 0.29) is 59.0 Å². The fourth-order valence-corrected chi connectivity index (χ4v) is 15.6. The Kier molecular flexibility index (Phi) is 13.4. The molecule has 10 N–H and O–H groups in total. The molecule has 3 aliphatic heterocycles. The van der Waals surface area contributed by atoms with Crippen LogP contribution in [-0.4, -0.2) is 169 Å². The van der Waals surface area contributed by atoms with Gasteiger partial charge in [-0.2, -0.15) is 0 Å². The van der Waals surface area contributed by atoms with Crippen LogP contribution in [0.2, 0.25) is 0 Å². The van der Waals surface area contributed by atoms with Crippen LogP contribution in [0.3, 0.4) is 0 Å². The van der Waals surface area contributed by atoms with Gasteiger partial charge in [0.1, 0.15) is 61.0 Å². The molecule has 64 heavy (non-hydrogen) atoms. The van der Waals surface area contributed by atoms with Gasteiger partial charge < -0.3 is 79.5 Å². The molecule has 8 aliphatic rings. The first-order valence-corrected chi connectivity index (χ1v) is 23.8. The molecule has 8 rings (SSSR count). The van der Waals surface area contributed by atoms with Crippen molar-refractivity contribution in [1.82, 2.24) is 0 Å². The van der Waals surface area contributed by atoms with Gasteiger partial charge in [-0.1, -0.05) is 39.8 Å². The Morgan fingerprint density at radius 2 is 1.38 bits per heavy atom. The number of esters is 1. The second kappa shape index (κ2) is 17.5. The molecule has 3 heterocycles. The van der Waals surface area contributed by atoms with E-state index in [1.54, 1.807) is 0 Å². The van der Waals surface area contributed by atoms with Gasteiger partial charge in [0, 0.05) is 5.41 Å². The summed E-state index contributed by atoms with van der Waals surface area (Å²) in [6, 6.07) is 0. The molecule has 0 aromatic heterocycles. The molecule has 0 bridgehead atoms. The molecule has 25 atom stereocenters. The highest BCUT2D eigenvalue weighted by molar-refractivity contribution is 5.78. The van der Waals surface area contributed by atoms with Crippen LogP contribution in [0, 0.1) is 56.7 Å². The molecule has 0 spiro atoms. The van der Waals surface area contributed by atoms with Gasteiger partial charge in [0.25, 0.3) is 0 Å². The summed E-state index contributed by atoms with van der Waals surface area (Å²) in [5.74, 6) is -0.0961. The van der Waals surface area contributed by atoms with E-state index in [1.807, 2.05) is 6.92 Å². The molecule has 0 amide bonds. The number of ether oxygens (including phenoxy) is 6. The van der Waals surface area contributed by atoms with E-state index in [4.69, 9.17) is 28.4 Å². The maximum atomic E-state index is 14.7. The van der Waals surface area contributed by atoms with Gasteiger partial charge >= 0.3 is 5.97 Å². The molecule has 5 aliphatic carbocycles. The fourth-order valence-electron chi connectivity index (χ4n) is 15.6. The minimum atomic E-state index is -1.69.